The first-order chi connectivity index (χ1) is 13.6. The molecule has 0 aliphatic carbocycles. The van der Waals surface area contributed by atoms with E-state index in [0.717, 1.165) is 35.6 Å². The van der Waals surface area contributed by atoms with E-state index in [9.17, 15) is 9.59 Å². The molecule has 1 atom stereocenters. The molecule has 0 unspecified atom stereocenters. The van der Waals surface area contributed by atoms with Crippen LogP contribution in [0.25, 0.3) is 0 Å². The lowest BCUT2D eigenvalue weighted by Crippen LogP contribution is -2.45. The number of likely N-dealkylation sites (tertiary alicyclic amines) is 1. The second kappa shape index (κ2) is 9.61. The number of nitrogens with one attached hydrogen (secondary N) is 2. The highest BCUT2D eigenvalue weighted by molar-refractivity contribution is 7.13. The third kappa shape index (κ3) is 5.26. The van der Waals surface area contributed by atoms with Gasteiger partial charge in [-0.1, -0.05) is 29.0 Å². The number of piperidine rings is 1. The van der Waals surface area contributed by atoms with Crippen LogP contribution in [0.2, 0.25) is 0 Å². The normalized spacial score (nSPS) is 16.6. The molecule has 28 heavy (non-hydrogen) atoms. The monoisotopic (exact) mass is 403 g/mol. The molecule has 1 saturated heterocycles. The van der Waals surface area contributed by atoms with E-state index in [0.29, 0.717) is 24.7 Å². The first-order valence-corrected chi connectivity index (χ1v) is 10.1. The molecule has 0 bridgehead atoms. The van der Waals surface area contributed by atoms with Crippen LogP contribution in [-0.4, -0.2) is 60.4 Å². The zero-order valence-electron chi connectivity index (χ0n) is 16.1. The fourth-order valence-electron chi connectivity index (χ4n) is 3.05. The molecular weight excluding hydrogens is 378 g/mol. The summed E-state index contributed by atoms with van der Waals surface area (Å²) in [7, 11) is 1.60. The Morgan fingerprint density at radius 2 is 2.07 bits per heavy atom. The molecule has 2 aromatic rings. The fourth-order valence-corrected chi connectivity index (χ4v) is 3.91. The zero-order chi connectivity index (χ0) is 19.9. The maximum Gasteiger partial charge on any atom is 0.317 e. The summed E-state index contributed by atoms with van der Waals surface area (Å²) in [5.74, 6) is -0.169. The highest BCUT2D eigenvalue weighted by Gasteiger charge is 2.28. The average Bonchev–Trinajstić information content (AvgIpc) is 3.20. The van der Waals surface area contributed by atoms with E-state index < -0.39 is 0 Å². The smallest absolute Gasteiger partial charge is 0.317 e. The number of benzene rings is 1. The van der Waals surface area contributed by atoms with Crippen molar-refractivity contribution in [2.75, 3.05) is 38.7 Å². The van der Waals surface area contributed by atoms with Crippen molar-refractivity contribution in [3.63, 3.8) is 0 Å². The van der Waals surface area contributed by atoms with Crippen molar-refractivity contribution >= 4 is 29.0 Å². The number of urea groups is 1. The van der Waals surface area contributed by atoms with Crippen LogP contribution >= 0.6 is 11.3 Å². The predicted octanol–water partition coefficient (Wildman–Crippen LogP) is 2.63. The number of aromatic nitrogens is 2. The highest BCUT2D eigenvalue weighted by Crippen LogP contribution is 2.29. The summed E-state index contributed by atoms with van der Waals surface area (Å²) in [5, 5.41) is 15.1. The molecule has 150 valence electrons. The Bertz CT molecular complexity index is 808. The predicted molar refractivity (Wildman–Crippen MR) is 108 cm³/mol. The SMILES string of the molecule is COCCNC(=O)N1CCC[C@@H](c2nnc(C(=O)Nc3ccc(C)cc3)s2)C1. The summed E-state index contributed by atoms with van der Waals surface area (Å²) in [6.07, 6.45) is 1.82. The minimum absolute atomic E-state index is 0.0939. The van der Waals surface area contributed by atoms with E-state index in [1.54, 1.807) is 12.0 Å². The Labute approximate surface area is 168 Å². The molecule has 3 rings (SSSR count). The van der Waals surface area contributed by atoms with Gasteiger partial charge in [-0.05, 0) is 31.9 Å². The number of anilines is 1. The minimum Gasteiger partial charge on any atom is -0.383 e. The molecule has 1 aliphatic rings. The summed E-state index contributed by atoms with van der Waals surface area (Å²) in [6.45, 7) is 4.26. The van der Waals surface area contributed by atoms with Gasteiger partial charge in [0.05, 0.1) is 6.61 Å². The molecule has 9 heteroatoms. The first-order valence-electron chi connectivity index (χ1n) is 9.30. The van der Waals surface area contributed by atoms with Gasteiger partial charge < -0.3 is 20.3 Å². The van der Waals surface area contributed by atoms with Crippen LogP contribution in [0.15, 0.2) is 24.3 Å². The number of carbonyl (C=O) groups is 2. The van der Waals surface area contributed by atoms with E-state index in [-0.39, 0.29) is 17.9 Å². The number of hydrogen-bond donors (Lipinski definition) is 2. The molecule has 1 aliphatic heterocycles. The van der Waals surface area contributed by atoms with E-state index in [1.165, 1.54) is 11.3 Å². The zero-order valence-corrected chi connectivity index (χ0v) is 16.9. The van der Waals surface area contributed by atoms with Gasteiger partial charge in [0.15, 0.2) is 0 Å². The van der Waals surface area contributed by atoms with Gasteiger partial charge >= 0.3 is 6.03 Å². The Morgan fingerprint density at radius 1 is 1.29 bits per heavy atom. The largest absolute Gasteiger partial charge is 0.383 e. The van der Waals surface area contributed by atoms with Crippen LogP contribution in [0.3, 0.4) is 0 Å². The molecule has 0 radical (unpaired) electrons. The van der Waals surface area contributed by atoms with Crippen molar-refractivity contribution in [2.45, 2.75) is 25.7 Å². The van der Waals surface area contributed by atoms with Crippen molar-refractivity contribution in [3.05, 3.63) is 39.8 Å². The lowest BCUT2D eigenvalue weighted by molar-refractivity contribution is 0.102. The Kier molecular flexibility index (Phi) is 6.94. The summed E-state index contributed by atoms with van der Waals surface area (Å²) in [4.78, 5) is 26.5. The standard InChI is InChI=1S/C19H25N5O3S/c1-13-5-7-15(8-6-13)21-16(25)18-23-22-17(28-18)14-4-3-10-24(12-14)19(26)20-9-11-27-2/h5-8,14H,3-4,9-12H2,1-2H3,(H,20,26)(H,21,25)/t14-/m1/s1. The maximum absolute atomic E-state index is 12.4. The van der Waals surface area contributed by atoms with Gasteiger partial charge in [0.1, 0.15) is 5.01 Å². The number of amides is 3. The summed E-state index contributed by atoms with van der Waals surface area (Å²) in [6, 6.07) is 7.50. The van der Waals surface area contributed by atoms with E-state index in [4.69, 9.17) is 4.74 Å². The lowest BCUT2D eigenvalue weighted by atomic mass is 9.99. The molecule has 2 heterocycles. The Balaban J connectivity index is 1.58. The van der Waals surface area contributed by atoms with Crippen LogP contribution in [0.4, 0.5) is 10.5 Å². The number of aryl methyl sites for hydroxylation is 1. The number of hydrogen-bond acceptors (Lipinski definition) is 6. The Morgan fingerprint density at radius 3 is 2.82 bits per heavy atom. The summed E-state index contributed by atoms with van der Waals surface area (Å²) >= 11 is 1.29. The van der Waals surface area contributed by atoms with Crippen molar-refractivity contribution in [3.8, 4) is 0 Å². The van der Waals surface area contributed by atoms with Crippen LogP contribution in [0.1, 0.15) is 39.1 Å². The maximum atomic E-state index is 12.4. The summed E-state index contributed by atoms with van der Waals surface area (Å²) in [5.41, 5.74) is 1.85. The van der Waals surface area contributed by atoms with Crippen LogP contribution in [0, 0.1) is 6.92 Å². The van der Waals surface area contributed by atoms with Crippen LogP contribution in [-0.2, 0) is 4.74 Å². The van der Waals surface area contributed by atoms with E-state index in [1.807, 2.05) is 31.2 Å². The molecule has 0 saturated carbocycles. The van der Waals surface area contributed by atoms with Gasteiger partial charge in [-0.25, -0.2) is 4.79 Å². The topological polar surface area (TPSA) is 96.4 Å². The van der Waals surface area contributed by atoms with Gasteiger partial charge in [0.2, 0.25) is 5.01 Å². The van der Waals surface area contributed by atoms with Gasteiger partial charge in [-0.3, -0.25) is 4.79 Å². The third-order valence-electron chi connectivity index (χ3n) is 4.58. The van der Waals surface area contributed by atoms with Gasteiger partial charge in [0.25, 0.3) is 5.91 Å². The van der Waals surface area contributed by atoms with Crippen molar-refractivity contribution in [1.82, 2.24) is 20.4 Å². The molecule has 1 fully saturated rings. The number of nitrogens with zero attached hydrogens (tertiary/aromatic N) is 3. The highest BCUT2D eigenvalue weighted by atomic mass is 32.1. The molecule has 2 N–H and O–H groups in total. The molecule has 1 aromatic carbocycles. The summed E-state index contributed by atoms with van der Waals surface area (Å²) < 4.78 is 4.96. The third-order valence-corrected chi connectivity index (χ3v) is 5.67. The molecule has 8 nitrogen and oxygen atoms in total. The van der Waals surface area contributed by atoms with Gasteiger partial charge in [-0.15, -0.1) is 10.2 Å². The lowest BCUT2D eigenvalue weighted by Gasteiger charge is -2.31. The number of ether oxygens (including phenoxy) is 1. The quantitative estimate of drug-likeness (QED) is 0.723. The molecule has 0 spiro atoms. The molecule has 3 amide bonds. The van der Waals surface area contributed by atoms with Crippen molar-refractivity contribution in [2.24, 2.45) is 0 Å². The van der Waals surface area contributed by atoms with Crippen molar-refractivity contribution in [1.29, 1.82) is 0 Å². The number of rotatable bonds is 6. The van der Waals surface area contributed by atoms with E-state index in [2.05, 4.69) is 20.8 Å². The first kappa shape index (κ1) is 20.2. The van der Waals surface area contributed by atoms with Crippen LogP contribution in [0.5, 0.6) is 0 Å². The van der Waals surface area contributed by atoms with Crippen molar-refractivity contribution < 1.29 is 14.3 Å². The molecule has 1 aromatic heterocycles. The second-order valence-electron chi connectivity index (χ2n) is 6.78. The molecular formula is C19H25N5O3S. The van der Waals surface area contributed by atoms with Gasteiger partial charge in [0, 0.05) is 38.3 Å². The number of carbonyl (C=O) groups excluding carboxylic acids is 2. The minimum atomic E-state index is -0.266. The Hall–Kier alpha value is -2.52. The number of methoxy groups -OCH3 is 1. The van der Waals surface area contributed by atoms with Crippen LogP contribution < -0.4 is 10.6 Å². The van der Waals surface area contributed by atoms with E-state index >= 15 is 0 Å². The van der Waals surface area contributed by atoms with Gasteiger partial charge in [-0.2, -0.15) is 0 Å². The second-order valence-corrected chi connectivity index (χ2v) is 7.78. The average molecular weight is 404 g/mol. The fraction of sp³-hybridized carbons (Fsp3) is 0.474.